The Balaban J connectivity index is 2.20. The number of aliphatic hydroxyl groups is 1. The molecule has 0 aliphatic carbocycles. The molecule has 0 spiro atoms. The first kappa shape index (κ1) is 14.6. The summed E-state index contributed by atoms with van der Waals surface area (Å²) < 4.78 is 0. The van der Waals surface area contributed by atoms with Gasteiger partial charge in [0.1, 0.15) is 0 Å². The van der Waals surface area contributed by atoms with Crippen LogP contribution in [-0.4, -0.2) is 36.3 Å². The Labute approximate surface area is 118 Å². The third-order valence-corrected chi connectivity index (χ3v) is 3.73. The number of nitro groups is 1. The molecule has 2 rings (SSSR count). The van der Waals surface area contributed by atoms with Crippen LogP contribution in [0.1, 0.15) is 19.8 Å². The highest BCUT2D eigenvalue weighted by Crippen LogP contribution is 2.30. The number of non-ortho nitro benzene ring substituents is 1. The first-order valence-electron chi connectivity index (χ1n) is 7.03. The fourth-order valence-corrected chi connectivity index (χ4v) is 2.56. The van der Waals surface area contributed by atoms with E-state index in [-0.39, 0.29) is 17.2 Å². The molecule has 0 amide bonds. The maximum absolute atomic E-state index is 11.0. The molecule has 0 bridgehead atoms. The largest absolute Gasteiger partial charge is 0.396 e. The third kappa shape index (κ3) is 3.39. The lowest BCUT2D eigenvalue weighted by molar-refractivity contribution is -0.384. The molecular formula is C14H21N3O3. The second kappa shape index (κ2) is 6.56. The molecule has 6 heteroatoms. The number of rotatable bonds is 5. The average molecular weight is 279 g/mol. The number of nitrogens with one attached hydrogen (secondary N) is 1. The number of hydrogen-bond donors (Lipinski definition) is 2. The summed E-state index contributed by atoms with van der Waals surface area (Å²) in [6, 6.07) is 5.14. The summed E-state index contributed by atoms with van der Waals surface area (Å²) in [6.45, 7) is 4.58. The van der Waals surface area contributed by atoms with Crippen LogP contribution in [0.2, 0.25) is 0 Å². The normalized spacial score (nSPS) is 16.2. The first-order chi connectivity index (χ1) is 9.63. The van der Waals surface area contributed by atoms with Gasteiger partial charge in [0.15, 0.2) is 0 Å². The van der Waals surface area contributed by atoms with Crippen molar-refractivity contribution in [3.63, 3.8) is 0 Å². The van der Waals surface area contributed by atoms with Crippen molar-refractivity contribution in [3.05, 3.63) is 28.3 Å². The van der Waals surface area contributed by atoms with Crippen LogP contribution in [0.3, 0.4) is 0 Å². The molecule has 1 heterocycles. The van der Waals surface area contributed by atoms with E-state index < -0.39 is 0 Å². The van der Waals surface area contributed by atoms with Gasteiger partial charge in [-0.25, -0.2) is 0 Å². The quantitative estimate of drug-likeness (QED) is 0.638. The van der Waals surface area contributed by atoms with Gasteiger partial charge in [0, 0.05) is 49.7 Å². The number of anilines is 2. The highest BCUT2D eigenvalue weighted by atomic mass is 16.6. The molecule has 0 atom stereocenters. The lowest BCUT2D eigenvalue weighted by Crippen LogP contribution is -2.34. The Morgan fingerprint density at radius 1 is 1.40 bits per heavy atom. The molecule has 0 radical (unpaired) electrons. The van der Waals surface area contributed by atoms with Crippen molar-refractivity contribution < 1.29 is 10.0 Å². The molecule has 0 unspecified atom stereocenters. The van der Waals surface area contributed by atoms with Gasteiger partial charge in [0.25, 0.3) is 5.69 Å². The van der Waals surface area contributed by atoms with Gasteiger partial charge in [0.2, 0.25) is 0 Å². The van der Waals surface area contributed by atoms with E-state index in [0.29, 0.717) is 5.92 Å². The van der Waals surface area contributed by atoms with Gasteiger partial charge in [-0.1, -0.05) is 0 Å². The number of nitro benzene ring substituents is 1. The van der Waals surface area contributed by atoms with Crippen LogP contribution in [0.4, 0.5) is 17.1 Å². The molecule has 6 nitrogen and oxygen atoms in total. The fourth-order valence-electron chi connectivity index (χ4n) is 2.56. The number of aliphatic hydroxyl groups excluding tert-OH is 1. The van der Waals surface area contributed by atoms with E-state index in [1.807, 2.05) is 13.0 Å². The van der Waals surface area contributed by atoms with Crippen LogP contribution in [-0.2, 0) is 0 Å². The summed E-state index contributed by atoms with van der Waals surface area (Å²) in [5.74, 6) is 0.359. The molecule has 0 saturated carbocycles. The summed E-state index contributed by atoms with van der Waals surface area (Å²) in [4.78, 5) is 12.8. The van der Waals surface area contributed by atoms with Crippen LogP contribution >= 0.6 is 0 Å². The topological polar surface area (TPSA) is 78.6 Å². The number of piperidine rings is 1. The summed E-state index contributed by atoms with van der Waals surface area (Å²) in [7, 11) is 0. The van der Waals surface area contributed by atoms with Crippen molar-refractivity contribution in [2.75, 3.05) is 36.5 Å². The van der Waals surface area contributed by atoms with Crippen molar-refractivity contribution in [1.82, 2.24) is 0 Å². The van der Waals surface area contributed by atoms with E-state index in [2.05, 4.69) is 10.2 Å². The van der Waals surface area contributed by atoms with Crippen LogP contribution in [0, 0.1) is 16.0 Å². The summed E-state index contributed by atoms with van der Waals surface area (Å²) in [5.41, 5.74) is 1.77. The zero-order valence-corrected chi connectivity index (χ0v) is 11.7. The lowest BCUT2D eigenvalue weighted by atomic mass is 9.97. The second-order valence-corrected chi connectivity index (χ2v) is 5.14. The molecule has 1 aliphatic heterocycles. The van der Waals surface area contributed by atoms with Gasteiger partial charge in [-0.2, -0.15) is 0 Å². The highest BCUT2D eigenvalue weighted by Gasteiger charge is 2.20. The SMILES string of the molecule is CCNc1cc(N2CCC(CO)CC2)cc([N+](=O)[O-])c1. The van der Waals surface area contributed by atoms with Crippen LogP contribution < -0.4 is 10.2 Å². The molecule has 1 aromatic rings. The van der Waals surface area contributed by atoms with E-state index in [1.54, 1.807) is 12.1 Å². The van der Waals surface area contributed by atoms with E-state index in [4.69, 9.17) is 5.11 Å². The second-order valence-electron chi connectivity index (χ2n) is 5.14. The molecule has 1 aromatic carbocycles. The van der Waals surface area contributed by atoms with Crippen molar-refractivity contribution in [1.29, 1.82) is 0 Å². The van der Waals surface area contributed by atoms with E-state index >= 15 is 0 Å². The van der Waals surface area contributed by atoms with Gasteiger partial charge >= 0.3 is 0 Å². The molecule has 1 saturated heterocycles. The fraction of sp³-hybridized carbons (Fsp3) is 0.571. The van der Waals surface area contributed by atoms with Gasteiger partial charge in [-0.3, -0.25) is 10.1 Å². The minimum atomic E-state index is -0.356. The molecule has 0 aromatic heterocycles. The molecule has 2 N–H and O–H groups in total. The smallest absolute Gasteiger partial charge is 0.273 e. The average Bonchev–Trinajstić information content (AvgIpc) is 2.47. The predicted octanol–water partition coefficient (Wildman–Crippen LogP) is 2.24. The summed E-state index contributed by atoms with van der Waals surface area (Å²) in [5, 5.41) is 23.3. The Hall–Kier alpha value is -1.82. The zero-order valence-electron chi connectivity index (χ0n) is 11.7. The third-order valence-electron chi connectivity index (χ3n) is 3.73. The van der Waals surface area contributed by atoms with Gasteiger partial charge < -0.3 is 15.3 Å². The van der Waals surface area contributed by atoms with Gasteiger partial charge in [-0.15, -0.1) is 0 Å². The lowest BCUT2D eigenvalue weighted by Gasteiger charge is -2.33. The van der Waals surface area contributed by atoms with E-state index in [0.717, 1.165) is 43.9 Å². The Kier molecular flexibility index (Phi) is 4.79. The van der Waals surface area contributed by atoms with Crippen molar-refractivity contribution in [3.8, 4) is 0 Å². The highest BCUT2D eigenvalue weighted by molar-refractivity contribution is 5.64. The molecule has 1 fully saturated rings. The monoisotopic (exact) mass is 279 g/mol. The standard InChI is InChI=1S/C14H21N3O3/c1-2-15-12-7-13(9-14(8-12)17(19)20)16-5-3-11(10-18)4-6-16/h7-9,11,15,18H,2-6,10H2,1H3. The Morgan fingerprint density at radius 2 is 2.10 bits per heavy atom. The Morgan fingerprint density at radius 3 is 2.65 bits per heavy atom. The zero-order chi connectivity index (χ0) is 14.5. The molecule has 20 heavy (non-hydrogen) atoms. The first-order valence-corrected chi connectivity index (χ1v) is 7.03. The summed E-state index contributed by atoms with van der Waals surface area (Å²) in [6.07, 6.45) is 1.85. The van der Waals surface area contributed by atoms with Crippen LogP contribution in [0.5, 0.6) is 0 Å². The van der Waals surface area contributed by atoms with Crippen molar-refractivity contribution in [2.45, 2.75) is 19.8 Å². The Bertz CT molecular complexity index is 471. The van der Waals surface area contributed by atoms with Gasteiger partial charge in [0.05, 0.1) is 4.92 Å². The van der Waals surface area contributed by atoms with Crippen LogP contribution in [0.25, 0.3) is 0 Å². The maximum atomic E-state index is 11.0. The van der Waals surface area contributed by atoms with Crippen molar-refractivity contribution in [2.24, 2.45) is 5.92 Å². The predicted molar refractivity (Wildman–Crippen MR) is 79.3 cm³/mol. The molecular weight excluding hydrogens is 258 g/mol. The van der Waals surface area contributed by atoms with Crippen molar-refractivity contribution >= 4 is 17.1 Å². The minimum absolute atomic E-state index is 0.114. The van der Waals surface area contributed by atoms with E-state index in [1.165, 1.54) is 0 Å². The summed E-state index contributed by atoms with van der Waals surface area (Å²) >= 11 is 0. The maximum Gasteiger partial charge on any atom is 0.273 e. The molecule has 110 valence electrons. The van der Waals surface area contributed by atoms with Gasteiger partial charge in [-0.05, 0) is 31.7 Å². The van der Waals surface area contributed by atoms with E-state index in [9.17, 15) is 10.1 Å². The number of hydrogen-bond acceptors (Lipinski definition) is 5. The number of benzene rings is 1. The minimum Gasteiger partial charge on any atom is -0.396 e. The molecule has 1 aliphatic rings. The van der Waals surface area contributed by atoms with Crippen LogP contribution in [0.15, 0.2) is 18.2 Å². The number of nitrogens with zero attached hydrogens (tertiary/aromatic N) is 2.